The lowest BCUT2D eigenvalue weighted by molar-refractivity contribution is 0.141. The molecule has 0 aromatic carbocycles. The van der Waals surface area contributed by atoms with Gasteiger partial charge in [-0.25, -0.2) is 4.98 Å². The molecule has 14 heavy (non-hydrogen) atoms. The molecule has 0 saturated heterocycles. The van der Waals surface area contributed by atoms with Gasteiger partial charge in [-0.3, -0.25) is 0 Å². The molecule has 1 aromatic rings. The van der Waals surface area contributed by atoms with Crippen molar-refractivity contribution in [2.75, 3.05) is 0 Å². The van der Waals surface area contributed by atoms with Gasteiger partial charge in [-0.05, 0) is 30.6 Å². The number of nitrogens with zero attached hydrogens (tertiary/aromatic N) is 2. The van der Waals surface area contributed by atoms with E-state index in [1.165, 1.54) is 12.8 Å². The van der Waals surface area contributed by atoms with E-state index in [-0.39, 0.29) is 0 Å². The molecule has 2 nitrogen and oxygen atoms in total. The molecule has 1 aliphatic carbocycles. The molecule has 2 atom stereocenters. The Balaban J connectivity index is 2.18. The first-order valence-corrected chi connectivity index (χ1v) is 5.66. The Kier molecular flexibility index (Phi) is 2.62. The Hall–Kier alpha value is -0.790. The van der Waals surface area contributed by atoms with E-state index in [2.05, 4.69) is 36.5 Å². The summed E-state index contributed by atoms with van der Waals surface area (Å²) >= 11 is 0. The molecule has 0 aliphatic heterocycles. The molecule has 1 fully saturated rings. The number of rotatable bonds is 1. The Morgan fingerprint density at radius 2 is 1.79 bits per heavy atom. The predicted octanol–water partition coefficient (Wildman–Crippen LogP) is 3.13. The molecular formula is C12H20N2. The SMILES string of the molecule is CC1C[C@H](C)CC(C)[C@@H]1n1ccnc1. The van der Waals surface area contributed by atoms with Crippen LogP contribution < -0.4 is 0 Å². The number of hydrogen-bond donors (Lipinski definition) is 0. The van der Waals surface area contributed by atoms with Gasteiger partial charge in [-0.2, -0.15) is 0 Å². The van der Waals surface area contributed by atoms with Gasteiger partial charge in [0.2, 0.25) is 0 Å². The van der Waals surface area contributed by atoms with Crippen LogP contribution in [0.2, 0.25) is 0 Å². The van der Waals surface area contributed by atoms with Crippen LogP contribution in [0.3, 0.4) is 0 Å². The van der Waals surface area contributed by atoms with Crippen molar-refractivity contribution in [3.63, 3.8) is 0 Å². The molecule has 2 rings (SSSR count). The summed E-state index contributed by atoms with van der Waals surface area (Å²) in [5, 5.41) is 0. The average Bonchev–Trinajstić information content (AvgIpc) is 2.54. The normalized spacial score (nSPS) is 38.5. The van der Waals surface area contributed by atoms with Crippen molar-refractivity contribution in [2.24, 2.45) is 17.8 Å². The van der Waals surface area contributed by atoms with Crippen molar-refractivity contribution < 1.29 is 0 Å². The minimum absolute atomic E-state index is 0.661. The summed E-state index contributed by atoms with van der Waals surface area (Å²) in [6, 6.07) is 0.661. The van der Waals surface area contributed by atoms with Crippen molar-refractivity contribution >= 4 is 0 Å². The third-order valence-corrected chi connectivity index (χ3v) is 3.58. The lowest BCUT2D eigenvalue weighted by Gasteiger charge is -2.38. The summed E-state index contributed by atoms with van der Waals surface area (Å²) in [7, 11) is 0. The highest BCUT2D eigenvalue weighted by Gasteiger charge is 2.31. The first kappa shape index (κ1) is 9.75. The predicted molar refractivity (Wildman–Crippen MR) is 58.0 cm³/mol. The molecule has 0 bridgehead atoms. The highest BCUT2D eigenvalue weighted by Crippen LogP contribution is 2.40. The summed E-state index contributed by atoms with van der Waals surface area (Å²) in [5.74, 6) is 2.45. The van der Waals surface area contributed by atoms with Crippen LogP contribution in [0.4, 0.5) is 0 Å². The molecule has 1 aromatic heterocycles. The minimum Gasteiger partial charge on any atom is -0.334 e. The van der Waals surface area contributed by atoms with Gasteiger partial charge in [0.05, 0.1) is 6.33 Å². The summed E-state index contributed by atoms with van der Waals surface area (Å²) in [6.07, 6.45) is 8.67. The van der Waals surface area contributed by atoms with Crippen LogP contribution in [-0.4, -0.2) is 9.55 Å². The second-order valence-corrected chi connectivity index (χ2v) is 5.03. The molecule has 2 heteroatoms. The van der Waals surface area contributed by atoms with E-state index in [1.807, 2.05) is 12.5 Å². The minimum atomic E-state index is 0.661. The van der Waals surface area contributed by atoms with Crippen LogP contribution in [0.1, 0.15) is 39.7 Å². The zero-order valence-electron chi connectivity index (χ0n) is 9.35. The van der Waals surface area contributed by atoms with E-state index >= 15 is 0 Å². The fraction of sp³-hybridized carbons (Fsp3) is 0.750. The van der Waals surface area contributed by atoms with Gasteiger partial charge in [0.15, 0.2) is 0 Å². The van der Waals surface area contributed by atoms with Gasteiger partial charge in [0, 0.05) is 18.4 Å². The molecule has 0 N–H and O–H groups in total. The lowest BCUT2D eigenvalue weighted by Crippen LogP contribution is -2.30. The quantitative estimate of drug-likeness (QED) is 0.668. The smallest absolute Gasteiger partial charge is 0.0948 e. The van der Waals surface area contributed by atoms with Crippen LogP contribution in [0.25, 0.3) is 0 Å². The molecule has 0 amide bonds. The van der Waals surface area contributed by atoms with E-state index < -0.39 is 0 Å². The maximum absolute atomic E-state index is 4.15. The molecular weight excluding hydrogens is 172 g/mol. The van der Waals surface area contributed by atoms with E-state index in [0.717, 1.165) is 17.8 Å². The third kappa shape index (κ3) is 1.70. The molecule has 1 aliphatic rings. The average molecular weight is 192 g/mol. The van der Waals surface area contributed by atoms with Crippen LogP contribution in [0.5, 0.6) is 0 Å². The summed E-state index contributed by atoms with van der Waals surface area (Å²) in [6.45, 7) is 7.12. The van der Waals surface area contributed by atoms with E-state index in [0.29, 0.717) is 6.04 Å². The Morgan fingerprint density at radius 1 is 1.14 bits per heavy atom. The Morgan fingerprint density at radius 3 is 2.29 bits per heavy atom. The van der Waals surface area contributed by atoms with Crippen LogP contribution in [0.15, 0.2) is 18.7 Å². The van der Waals surface area contributed by atoms with Crippen LogP contribution in [-0.2, 0) is 0 Å². The fourth-order valence-corrected chi connectivity index (χ4v) is 3.24. The topological polar surface area (TPSA) is 17.8 Å². The fourth-order valence-electron chi connectivity index (χ4n) is 3.24. The molecule has 0 radical (unpaired) electrons. The second kappa shape index (κ2) is 3.76. The van der Waals surface area contributed by atoms with Gasteiger partial charge in [-0.1, -0.05) is 20.8 Å². The van der Waals surface area contributed by atoms with Gasteiger partial charge in [0.25, 0.3) is 0 Å². The van der Waals surface area contributed by atoms with Gasteiger partial charge < -0.3 is 4.57 Å². The monoisotopic (exact) mass is 192 g/mol. The number of hydrogen-bond acceptors (Lipinski definition) is 1. The largest absolute Gasteiger partial charge is 0.334 e. The van der Waals surface area contributed by atoms with Crippen molar-refractivity contribution in [3.8, 4) is 0 Å². The number of aromatic nitrogens is 2. The van der Waals surface area contributed by atoms with Gasteiger partial charge in [0.1, 0.15) is 0 Å². The maximum atomic E-state index is 4.15. The van der Waals surface area contributed by atoms with Crippen LogP contribution in [0, 0.1) is 17.8 Å². The van der Waals surface area contributed by atoms with Crippen LogP contribution >= 0.6 is 0 Å². The Labute approximate surface area is 86.3 Å². The summed E-state index contributed by atoms with van der Waals surface area (Å²) < 4.78 is 2.29. The van der Waals surface area contributed by atoms with E-state index in [1.54, 1.807) is 0 Å². The van der Waals surface area contributed by atoms with Gasteiger partial charge >= 0.3 is 0 Å². The first-order valence-electron chi connectivity index (χ1n) is 5.66. The third-order valence-electron chi connectivity index (χ3n) is 3.58. The number of imidazole rings is 1. The van der Waals surface area contributed by atoms with Crippen molar-refractivity contribution in [3.05, 3.63) is 18.7 Å². The van der Waals surface area contributed by atoms with Gasteiger partial charge in [-0.15, -0.1) is 0 Å². The second-order valence-electron chi connectivity index (χ2n) is 5.03. The first-order chi connectivity index (χ1) is 6.68. The van der Waals surface area contributed by atoms with E-state index in [4.69, 9.17) is 0 Å². The zero-order chi connectivity index (χ0) is 10.1. The van der Waals surface area contributed by atoms with Crippen molar-refractivity contribution in [1.82, 2.24) is 9.55 Å². The van der Waals surface area contributed by atoms with E-state index in [9.17, 15) is 0 Å². The molecule has 78 valence electrons. The summed E-state index contributed by atoms with van der Waals surface area (Å²) in [4.78, 5) is 4.15. The van der Waals surface area contributed by atoms with Crippen molar-refractivity contribution in [2.45, 2.75) is 39.7 Å². The molecule has 0 spiro atoms. The Bertz CT molecular complexity index is 267. The maximum Gasteiger partial charge on any atom is 0.0948 e. The molecule has 1 saturated carbocycles. The summed E-state index contributed by atoms with van der Waals surface area (Å²) in [5.41, 5.74) is 0. The zero-order valence-corrected chi connectivity index (χ0v) is 9.35. The standard InChI is InChI=1S/C12H20N2/c1-9-6-10(2)12(11(3)7-9)14-5-4-13-8-14/h4-5,8-12H,6-7H2,1-3H3/t9-,10?,11?,12+. The highest BCUT2D eigenvalue weighted by atomic mass is 15.1. The highest BCUT2D eigenvalue weighted by molar-refractivity contribution is 4.89. The molecule has 1 heterocycles. The van der Waals surface area contributed by atoms with Crippen molar-refractivity contribution in [1.29, 1.82) is 0 Å². The lowest BCUT2D eigenvalue weighted by atomic mass is 9.73. The molecule has 2 unspecified atom stereocenters.